The van der Waals surface area contributed by atoms with Crippen molar-refractivity contribution in [3.63, 3.8) is 0 Å². The Labute approximate surface area is 172 Å². The zero-order valence-corrected chi connectivity index (χ0v) is 17.5. The van der Waals surface area contributed by atoms with E-state index in [0.29, 0.717) is 40.7 Å². The minimum absolute atomic E-state index is 0.130. The first-order valence-electron chi connectivity index (χ1n) is 9.60. The van der Waals surface area contributed by atoms with Crippen LogP contribution in [-0.2, 0) is 4.74 Å². The van der Waals surface area contributed by atoms with E-state index in [1.807, 2.05) is 28.9 Å². The predicted molar refractivity (Wildman–Crippen MR) is 112 cm³/mol. The van der Waals surface area contributed by atoms with Gasteiger partial charge in [-0.25, -0.2) is 9.67 Å². The van der Waals surface area contributed by atoms with E-state index in [9.17, 15) is 4.79 Å². The van der Waals surface area contributed by atoms with Crippen LogP contribution in [0.2, 0.25) is 4.34 Å². The molecule has 3 aromatic rings. The molecule has 6 nitrogen and oxygen atoms in total. The van der Waals surface area contributed by atoms with Gasteiger partial charge >= 0.3 is 0 Å². The Kier molecular flexibility index (Phi) is 5.66. The van der Waals surface area contributed by atoms with E-state index >= 15 is 0 Å². The van der Waals surface area contributed by atoms with Crippen LogP contribution in [0.5, 0.6) is 0 Å². The van der Waals surface area contributed by atoms with Gasteiger partial charge in [-0.15, -0.1) is 16.4 Å². The van der Waals surface area contributed by atoms with Gasteiger partial charge in [-0.1, -0.05) is 25.4 Å². The van der Waals surface area contributed by atoms with Crippen LogP contribution in [0.3, 0.4) is 0 Å². The molecular weight excluding hydrogens is 396 g/mol. The maximum Gasteiger partial charge on any atom is 0.259 e. The smallest absolute Gasteiger partial charge is 0.259 e. The van der Waals surface area contributed by atoms with Gasteiger partial charge in [-0.05, 0) is 49.4 Å². The van der Waals surface area contributed by atoms with Crippen molar-refractivity contribution in [2.45, 2.75) is 45.1 Å². The molecule has 0 radical (unpaired) electrons. The summed E-state index contributed by atoms with van der Waals surface area (Å²) in [6, 6.07) is 7.76. The molecule has 1 fully saturated rings. The minimum Gasteiger partial charge on any atom is -0.381 e. The molecule has 4 heterocycles. The highest BCUT2D eigenvalue weighted by molar-refractivity contribution is 7.19. The Morgan fingerprint density at radius 3 is 2.75 bits per heavy atom. The van der Waals surface area contributed by atoms with Crippen LogP contribution < -0.4 is 5.56 Å². The van der Waals surface area contributed by atoms with Crippen molar-refractivity contribution < 1.29 is 4.74 Å². The largest absolute Gasteiger partial charge is 0.381 e. The summed E-state index contributed by atoms with van der Waals surface area (Å²) in [5.74, 6) is 1.51. The molecule has 0 spiro atoms. The third-order valence-corrected chi connectivity index (χ3v) is 6.50. The second-order valence-corrected chi connectivity index (χ2v) is 8.83. The Morgan fingerprint density at radius 1 is 1.32 bits per heavy atom. The number of hydrogen-bond donors (Lipinski definition) is 1. The third kappa shape index (κ3) is 3.79. The molecule has 8 heteroatoms. The van der Waals surface area contributed by atoms with Crippen LogP contribution in [0.15, 0.2) is 29.1 Å². The molecule has 3 aromatic heterocycles. The molecule has 4 rings (SSSR count). The molecule has 1 N–H and O–H groups in total. The van der Waals surface area contributed by atoms with Crippen molar-refractivity contribution in [3.05, 3.63) is 44.6 Å². The van der Waals surface area contributed by atoms with E-state index in [1.165, 1.54) is 11.3 Å². The molecular formula is C20H23ClN4O2S. The summed E-state index contributed by atoms with van der Waals surface area (Å²) < 4.78 is 8.09. The van der Waals surface area contributed by atoms with Crippen molar-refractivity contribution in [1.82, 2.24) is 19.7 Å². The molecule has 0 aromatic carbocycles. The number of rotatable bonds is 5. The summed E-state index contributed by atoms with van der Waals surface area (Å²) in [6.07, 6.45) is 2.67. The average molecular weight is 419 g/mol. The standard InChI is InChI=1S/C20H23ClN4O2S/c1-3-12(2)15-5-4-14(20(26)22-15)19-23-18(16-6-7-17(21)28-16)24-25(19)13-8-10-27-11-9-13/h4-7,12-13H,3,8-11H2,1-2H3,(H,22,26). The van der Waals surface area contributed by atoms with E-state index in [-0.39, 0.29) is 11.6 Å². The molecule has 1 aliphatic rings. The molecule has 0 aliphatic carbocycles. The van der Waals surface area contributed by atoms with Gasteiger partial charge in [-0.2, -0.15) is 0 Å². The Balaban J connectivity index is 1.80. The second kappa shape index (κ2) is 8.19. The number of aromatic nitrogens is 4. The van der Waals surface area contributed by atoms with Crippen LogP contribution in [-0.4, -0.2) is 33.0 Å². The van der Waals surface area contributed by atoms with E-state index in [4.69, 9.17) is 26.4 Å². The molecule has 1 aliphatic heterocycles. The first kappa shape index (κ1) is 19.4. The van der Waals surface area contributed by atoms with Crippen molar-refractivity contribution in [2.24, 2.45) is 0 Å². The first-order valence-corrected chi connectivity index (χ1v) is 10.8. The van der Waals surface area contributed by atoms with E-state index < -0.39 is 0 Å². The highest BCUT2D eigenvalue weighted by Crippen LogP contribution is 2.33. The summed E-state index contributed by atoms with van der Waals surface area (Å²) >= 11 is 7.53. The normalized spacial score (nSPS) is 16.4. The quantitative estimate of drug-likeness (QED) is 0.640. The average Bonchev–Trinajstić information content (AvgIpc) is 3.34. The molecule has 1 atom stereocenters. The fraction of sp³-hybridized carbons (Fsp3) is 0.450. The lowest BCUT2D eigenvalue weighted by molar-refractivity contribution is 0.0667. The maximum atomic E-state index is 12.9. The zero-order chi connectivity index (χ0) is 19.7. The Hall–Kier alpha value is -1.96. The molecule has 0 saturated carbocycles. The van der Waals surface area contributed by atoms with Gasteiger partial charge in [0.15, 0.2) is 11.6 Å². The van der Waals surface area contributed by atoms with Crippen LogP contribution in [0.4, 0.5) is 0 Å². The number of nitrogens with one attached hydrogen (secondary N) is 1. The number of nitrogens with zero attached hydrogens (tertiary/aromatic N) is 3. The monoisotopic (exact) mass is 418 g/mol. The van der Waals surface area contributed by atoms with Crippen molar-refractivity contribution in [1.29, 1.82) is 0 Å². The predicted octanol–water partition coefficient (Wildman–Crippen LogP) is 4.88. The number of thiophene rings is 1. The number of ether oxygens (including phenoxy) is 1. The Morgan fingerprint density at radius 2 is 2.11 bits per heavy atom. The SMILES string of the molecule is CCC(C)c1ccc(-c2nc(-c3ccc(Cl)s3)nn2C2CCOCC2)c(=O)[nH]1. The zero-order valence-electron chi connectivity index (χ0n) is 15.9. The topological polar surface area (TPSA) is 72.8 Å². The van der Waals surface area contributed by atoms with Crippen LogP contribution in [0.25, 0.3) is 22.1 Å². The number of H-pyrrole nitrogens is 1. The van der Waals surface area contributed by atoms with Crippen molar-refractivity contribution in [2.75, 3.05) is 13.2 Å². The molecule has 0 bridgehead atoms. The first-order chi connectivity index (χ1) is 13.6. The fourth-order valence-electron chi connectivity index (χ4n) is 3.40. The highest BCUT2D eigenvalue weighted by Gasteiger charge is 2.25. The summed E-state index contributed by atoms with van der Waals surface area (Å²) in [7, 11) is 0. The highest BCUT2D eigenvalue weighted by atomic mass is 35.5. The third-order valence-electron chi connectivity index (χ3n) is 5.28. The molecule has 148 valence electrons. The van der Waals surface area contributed by atoms with Gasteiger partial charge in [-0.3, -0.25) is 4.79 Å². The van der Waals surface area contributed by atoms with E-state index in [0.717, 1.165) is 29.8 Å². The Bertz CT molecular complexity index is 1020. The molecule has 0 amide bonds. The van der Waals surface area contributed by atoms with Gasteiger partial charge in [0.2, 0.25) is 0 Å². The number of aromatic amines is 1. The van der Waals surface area contributed by atoms with Gasteiger partial charge in [0, 0.05) is 18.9 Å². The lowest BCUT2D eigenvalue weighted by atomic mass is 10.0. The summed E-state index contributed by atoms with van der Waals surface area (Å²) in [6.45, 7) is 5.59. The van der Waals surface area contributed by atoms with Crippen molar-refractivity contribution in [3.8, 4) is 22.1 Å². The summed E-state index contributed by atoms with van der Waals surface area (Å²) in [5, 5.41) is 4.76. The molecule has 1 unspecified atom stereocenters. The summed E-state index contributed by atoms with van der Waals surface area (Å²) in [5.41, 5.74) is 1.35. The summed E-state index contributed by atoms with van der Waals surface area (Å²) in [4.78, 5) is 21.5. The van der Waals surface area contributed by atoms with Gasteiger partial charge in [0.25, 0.3) is 5.56 Å². The van der Waals surface area contributed by atoms with Gasteiger partial charge in [0.05, 0.1) is 20.8 Å². The van der Waals surface area contributed by atoms with E-state index in [1.54, 1.807) is 0 Å². The second-order valence-electron chi connectivity index (χ2n) is 7.12. The lowest BCUT2D eigenvalue weighted by Gasteiger charge is -2.23. The van der Waals surface area contributed by atoms with Crippen LogP contribution in [0.1, 0.15) is 50.8 Å². The molecule has 28 heavy (non-hydrogen) atoms. The maximum absolute atomic E-state index is 12.9. The number of hydrogen-bond acceptors (Lipinski definition) is 5. The van der Waals surface area contributed by atoms with Crippen molar-refractivity contribution >= 4 is 22.9 Å². The number of pyridine rings is 1. The number of halogens is 1. The lowest BCUT2D eigenvalue weighted by Crippen LogP contribution is -2.23. The van der Waals surface area contributed by atoms with Crippen LogP contribution >= 0.6 is 22.9 Å². The van der Waals surface area contributed by atoms with E-state index in [2.05, 4.69) is 18.8 Å². The minimum atomic E-state index is -0.130. The van der Waals surface area contributed by atoms with Gasteiger partial charge < -0.3 is 9.72 Å². The van der Waals surface area contributed by atoms with Gasteiger partial charge in [0.1, 0.15) is 0 Å². The molecule has 1 saturated heterocycles. The van der Waals surface area contributed by atoms with Crippen LogP contribution in [0, 0.1) is 0 Å². The fourth-order valence-corrected chi connectivity index (χ4v) is 4.37.